The van der Waals surface area contributed by atoms with Gasteiger partial charge in [0.1, 0.15) is 5.15 Å². The van der Waals surface area contributed by atoms with Crippen molar-refractivity contribution in [2.75, 3.05) is 19.0 Å². The Hall–Kier alpha value is -0.800. The zero-order chi connectivity index (χ0) is 10.7. The largest absolute Gasteiger partial charge is 0.383 e. The summed E-state index contributed by atoms with van der Waals surface area (Å²) in [6.45, 7) is 0.741. The molecule has 0 aromatic carbocycles. The van der Waals surface area contributed by atoms with Crippen LogP contribution in [0.25, 0.3) is 0 Å². The highest BCUT2D eigenvalue weighted by atomic mass is 35.5. The van der Waals surface area contributed by atoms with E-state index in [4.69, 9.17) is 16.3 Å². The topological polar surface area (TPSA) is 34.1 Å². The Bertz CT molecular complexity index is 328. The summed E-state index contributed by atoms with van der Waals surface area (Å²) in [7, 11) is 1.73. The number of aromatic nitrogens is 1. The summed E-state index contributed by atoms with van der Waals surface area (Å²) < 4.78 is 5.20. The highest BCUT2D eigenvalue weighted by molar-refractivity contribution is 6.29. The van der Waals surface area contributed by atoms with Gasteiger partial charge >= 0.3 is 0 Å². The molecule has 2 rings (SSSR count). The van der Waals surface area contributed by atoms with E-state index in [0.717, 1.165) is 18.2 Å². The van der Waals surface area contributed by atoms with Crippen LogP contribution < -0.4 is 5.32 Å². The molecule has 0 spiro atoms. The third-order valence-corrected chi connectivity index (χ3v) is 2.82. The van der Waals surface area contributed by atoms with Crippen molar-refractivity contribution in [3.63, 3.8) is 0 Å². The van der Waals surface area contributed by atoms with E-state index in [1.807, 2.05) is 12.1 Å². The van der Waals surface area contributed by atoms with E-state index in [2.05, 4.69) is 10.3 Å². The molecule has 0 radical (unpaired) electrons. The second-order valence-corrected chi connectivity index (χ2v) is 4.30. The van der Waals surface area contributed by atoms with Crippen LogP contribution in [0.3, 0.4) is 0 Å². The van der Waals surface area contributed by atoms with Crippen molar-refractivity contribution in [1.82, 2.24) is 4.98 Å². The van der Waals surface area contributed by atoms with E-state index in [1.165, 1.54) is 12.8 Å². The van der Waals surface area contributed by atoms with E-state index >= 15 is 0 Å². The van der Waals surface area contributed by atoms with Gasteiger partial charge in [0.05, 0.1) is 12.6 Å². The number of methoxy groups -OCH3 is 1. The molecular weight excluding hydrogens is 212 g/mol. The van der Waals surface area contributed by atoms with Crippen molar-refractivity contribution < 1.29 is 4.74 Å². The molecule has 1 heterocycles. The normalized spacial score (nSPS) is 17.5. The van der Waals surface area contributed by atoms with Crippen LogP contribution in [0, 0.1) is 5.92 Å². The second-order valence-electron chi connectivity index (χ2n) is 3.91. The van der Waals surface area contributed by atoms with E-state index < -0.39 is 0 Å². The predicted octanol–water partition coefficient (Wildman–Crippen LogP) is 2.57. The molecule has 1 aromatic heterocycles. The fourth-order valence-electron chi connectivity index (χ4n) is 1.68. The molecule has 0 bridgehead atoms. The number of pyridine rings is 1. The molecule has 0 aliphatic heterocycles. The summed E-state index contributed by atoms with van der Waals surface area (Å²) in [5.41, 5.74) is 1.02. The number of hydrogen-bond donors (Lipinski definition) is 1. The minimum absolute atomic E-state index is 0.397. The van der Waals surface area contributed by atoms with E-state index in [9.17, 15) is 0 Å². The number of anilines is 1. The summed E-state index contributed by atoms with van der Waals surface area (Å²) in [5, 5.41) is 3.95. The zero-order valence-electron chi connectivity index (χ0n) is 8.74. The number of nitrogens with one attached hydrogen (secondary N) is 1. The Labute approximate surface area is 94.8 Å². The third-order valence-electron chi connectivity index (χ3n) is 2.62. The minimum Gasteiger partial charge on any atom is -0.383 e. The van der Waals surface area contributed by atoms with Crippen LogP contribution in [0.5, 0.6) is 0 Å². The molecule has 0 amide bonds. The molecule has 4 heteroatoms. The molecular formula is C11H15ClN2O. The van der Waals surface area contributed by atoms with E-state index in [1.54, 1.807) is 13.3 Å². The van der Waals surface area contributed by atoms with Crippen molar-refractivity contribution in [3.05, 3.63) is 23.5 Å². The number of ether oxygens (including phenoxy) is 1. The third kappa shape index (κ3) is 3.08. The van der Waals surface area contributed by atoms with Crippen LogP contribution in [-0.4, -0.2) is 24.7 Å². The lowest BCUT2D eigenvalue weighted by Crippen LogP contribution is -2.27. The van der Waals surface area contributed by atoms with Gasteiger partial charge in [0.2, 0.25) is 0 Å². The maximum absolute atomic E-state index is 5.82. The molecule has 3 nitrogen and oxygen atoms in total. The van der Waals surface area contributed by atoms with Crippen molar-refractivity contribution in [2.24, 2.45) is 5.92 Å². The average Bonchev–Trinajstić information content (AvgIpc) is 3.00. The van der Waals surface area contributed by atoms with Crippen LogP contribution in [0.4, 0.5) is 5.69 Å². The van der Waals surface area contributed by atoms with E-state index in [0.29, 0.717) is 11.2 Å². The van der Waals surface area contributed by atoms with Crippen molar-refractivity contribution in [1.29, 1.82) is 0 Å². The fourth-order valence-corrected chi connectivity index (χ4v) is 1.85. The van der Waals surface area contributed by atoms with Gasteiger partial charge in [0, 0.05) is 19.0 Å². The molecule has 1 atom stereocenters. The number of halogens is 1. The minimum atomic E-state index is 0.397. The summed E-state index contributed by atoms with van der Waals surface area (Å²) in [6, 6.07) is 4.16. The zero-order valence-corrected chi connectivity index (χ0v) is 9.50. The fraction of sp³-hybridized carbons (Fsp3) is 0.545. The highest BCUT2D eigenvalue weighted by Gasteiger charge is 2.31. The summed E-state index contributed by atoms with van der Waals surface area (Å²) >= 11 is 5.82. The molecule has 15 heavy (non-hydrogen) atoms. The lowest BCUT2D eigenvalue weighted by molar-refractivity contribution is 0.179. The van der Waals surface area contributed by atoms with Crippen LogP contribution in [-0.2, 0) is 4.74 Å². The van der Waals surface area contributed by atoms with Crippen molar-refractivity contribution in [3.8, 4) is 0 Å². The number of nitrogens with zero attached hydrogens (tertiary/aromatic N) is 1. The molecule has 82 valence electrons. The monoisotopic (exact) mass is 226 g/mol. The van der Waals surface area contributed by atoms with Gasteiger partial charge in [-0.15, -0.1) is 0 Å². The van der Waals surface area contributed by atoms with Crippen LogP contribution >= 0.6 is 11.6 Å². The number of hydrogen-bond acceptors (Lipinski definition) is 3. The van der Waals surface area contributed by atoms with Gasteiger partial charge in [-0.3, -0.25) is 0 Å². The van der Waals surface area contributed by atoms with Crippen molar-refractivity contribution >= 4 is 17.3 Å². The Kier molecular flexibility index (Phi) is 3.44. The predicted molar refractivity (Wildman–Crippen MR) is 61.3 cm³/mol. The Morgan fingerprint density at radius 1 is 1.67 bits per heavy atom. The second kappa shape index (κ2) is 4.81. The van der Waals surface area contributed by atoms with Crippen molar-refractivity contribution in [2.45, 2.75) is 18.9 Å². The lowest BCUT2D eigenvalue weighted by Gasteiger charge is -2.18. The molecule has 1 fully saturated rings. The van der Waals surface area contributed by atoms with Crippen LogP contribution in [0.15, 0.2) is 18.3 Å². The van der Waals surface area contributed by atoms with Gasteiger partial charge < -0.3 is 10.1 Å². The molecule has 1 aromatic rings. The van der Waals surface area contributed by atoms with Gasteiger partial charge in [-0.2, -0.15) is 0 Å². The molecule has 1 aliphatic carbocycles. The first kappa shape index (κ1) is 10.7. The first-order valence-corrected chi connectivity index (χ1v) is 5.54. The summed E-state index contributed by atoms with van der Waals surface area (Å²) in [4.78, 5) is 3.95. The van der Waals surface area contributed by atoms with Gasteiger partial charge in [-0.25, -0.2) is 4.98 Å². The first-order chi connectivity index (χ1) is 7.29. The molecule has 1 aliphatic rings. The molecule has 0 saturated heterocycles. The smallest absolute Gasteiger partial charge is 0.131 e. The van der Waals surface area contributed by atoms with Gasteiger partial charge in [-0.1, -0.05) is 11.6 Å². The maximum atomic E-state index is 5.82. The van der Waals surface area contributed by atoms with Crippen LogP contribution in [0.2, 0.25) is 5.15 Å². The Morgan fingerprint density at radius 2 is 2.47 bits per heavy atom. The Morgan fingerprint density at radius 3 is 3.07 bits per heavy atom. The van der Waals surface area contributed by atoms with E-state index in [-0.39, 0.29) is 0 Å². The average molecular weight is 227 g/mol. The quantitative estimate of drug-likeness (QED) is 0.784. The summed E-state index contributed by atoms with van der Waals surface area (Å²) in [5.74, 6) is 0.747. The maximum Gasteiger partial charge on any atom is 0.131 e. The molecule has 1 N–H and O–H groups in total. The highest BCUT2D eigenvalue weighted by Crippen LogP contribution is 2.34. The SMILES string of the molecule is COCC(Nc1ccnc(Cl)c1)C1CC1. The van der Waals surface area contributed by atoms with Crippen LogP contribution in [0.1, 0.15) is 12.8 Å². The summed E-state index contributed by atoms with van der Waals surface area (Å²) in [6.07, 6.45) is 4.29. The first-order valence-electron chi connectivity index (χ1n) is 5.16. The van der Waals surface area contributed by atoms with Gasteiger partial charge in [0.15, 0.2) is 0 Å². The van der Waals surface area contributed by atoms with Gasteiger partial charge in [-0.05, 0) is 30.9 Å². The Balaban J connectivity index is 1.98. The molecule has 1 unspecified atom stereocenters. The standard InChI is InChI=1S/C11H15ClN2O/c1-15-7-10(8-2-3-8)14-9-4-5-13-11(12)6-9/h4-6,8,10H,2-3,7H2,1H3,(H,13,14). The lowest BCUT2D eigenvalue weighted by atomic mass is 10.2. The van der Waals surface area contributed by atoms with Gasteiger partial charge in [0.25, 0.3) is 0 Å². The number of rotatable bonds is 5. The molecule has 1 saturated carbocycles.